The van der Waals surface area contributed by atoms with Gasteiger partial charge in [0.15, 0.2) is 14.9 Å². The molecular formula is C10H10N2O2S. The standard InChI is InChI=1S/C10H10N2O2S/c13-15(14,10-6-7-11-12-10)8-9-4-2-1-3-5-9/h1-7H,8H2,(H,11,12). The molecule has 1 heterocycles. The molecule has 4 nitrogen and oxygen atoms in total. The van der Waals surface area contributed by atoms with Gasteiger partial charge in [0.1, 0.15) is 0 Å². The number of nitrogens with zero attached hydrogens (tertiary/aromatic N) is 1. The number of aromatic nitrogens is 2. The van der Waals surface area contributed by atoms with Gasteiger partial charge in [0.05, 0.1) is 11.9 Å². The average Bonchev–Trinajstić information content (AvgIpc) is 2.71. The van der Waals surface area contributed by atoms with Crippen LogP contribution >= 0.6 is 0 Å². The smallest absolute Gasteiger partial charge is 0.199 e. The molecule has 0 atom stereocenters. The molecule has 1 N–H and O–H groups in total. The van der Waals surface area contributed by atoms with Crippen LogP contribution in [0.1, 0.15) is 5.56 Å². The predicted octanol–water partition coefficient (Wildman–Crippen LogP) is 1.38. The Labute approximate surface area is 87.9 Å². The van der Waals surface area contributed by atoms with Crippen LogP contribution in [0.5, 0.6) is 0 Å². The van der Waals surface area contributed by atoms with Gasteiger partial charge in [0.25, 0.3) is 0 Å². The fraction of sp³-hybridized carbons (Fsp3) is 0.100. The topological polar surface area (TPSA) is 62.8 Å². The molecule has 1 aromatic carbocycles. The number of aromatic amines is 1. The van der Waals surface area contributed by atoms with Crippen LogP contribution in [0.2, 0.25) is 0 Å². The molecule has 0 aliphatic rings. The number of sulfone groups is 1. The Morgan fingerprint density at radius 2 is 1.87 bits per heavy atom. The maximum Gasteiger partial charge on any atom is 0.199 e. The first-order valence-electron chi connectivity index (χ1n) is 4.44. The fourth-order valence-corrected chi connectivity index (χ4v) is 2.53. The van der Waals surface area contributed by atoms with Crippen molar-refractivity contribution in [1.29, 1.82) is 0 Å². The molecule has 0 spiro atoms. The van der Waals surface area contributed by atoms with Crippen molar-refractivity contribution in [3.63, 3.8) is 0 Å². The summed E-state index contributed by atoms with van der Waals surface area (Å²) in [5.74, 6) is -0.00394. The summed E-state index contributed by atoms with van der Waals surface area (Å²) in [6.45, 7) is 0. The highest BCUT2D eigenvalue weighted by molar-refractivity contribution is 7.90. The van der Waals surface area contributed by atoms with Crippen LogP contribution < -0.4 is 0 Å². The van der Waals surface area contributed by atoms with E-state index in [1.54, 1.807) is 12.1 Å². The summed E-state index contributed by atoms with van der Waals surface area (Å²) < 4.78 is 23.6. The van der Waals surface area contributed by atoms with E-state index in [4.69, 9.17) is 0 Å². The zero-order valence-electron chi connectivity index (χ0n) is 7.92. The van der Waals surface area contributed by atoms with Gasteiger partial charge >= 0.3 is 0 Å². The lowest BCUT2D eigenvalue weighted by Crippen LogP contribution is -2.05. The van der Waals surface area contributed by atoms with Gasteiger partial charge in [-0.1, -0.05) is 30.3 Å². The van der Waals surface area contributed by atoms with Crippen molar-refractivity contribution in [2.45, 2.75) is 10.8 Å². The van der Waals surface area contributed by atoms with Crippen LogP contribution in [0.3, 0.4) is 0 Å². The van der Waals surface area contributed by atoms with Gasteiger partial charge in [-0.15, -0.1) is 0 Å². The molecule has 5 heteroatoms. The van der Waals surface area contributed by atoms with Crippen molar-refractivity contribution in [1.82, 2.24) is 10.2 Å². The summed E-state index contributed by atoms with van der Waals surface area (Å²) >= 11 is 0. The van der Waals surface area contributed by atoms with Gasteiger partial charge in [-0.2, -0.15) is 5.10 Å². The van der Waals surface area contributed by atoms with E-state index in [9.17, 15) is 8.42 Å². The van der Waals surface area contributed by atoms with Crippen LogP contribution in [0.4, 0.5) is 0 Å². The van der Waals surface area contributed by atoms with E-state index in [2.05, 4.69) is 10.2 Å². The van der Waals surface area contributed by atoms with Crippen molar-refractivity contribution in [3.05, 3.63) is 48.2 Å². The molecule has 0 amide bonds. The molecule has 1 aromatic heterocycles. The highest BCUT2D eigenvalue weighted by Crippen LogP contribution is 2.12. The Hall–Kier alpha value is -1.62. The van der Waals surface area contributed by atoms with Crippen LogP contribution in [0, 0.1) is 0 Å². The maximum atomic E-state index is 11.8. The van der Waals surface area contributed by atoms with E-state index in [0.717, 1.165) is 5.56 Å². The highest BCUT2D eigenvalue weighted by Gasteiger charge is 2.15. The van der Waals surface area contributed by atoms with Gasteiger partial charge in [0.2, 0.25) is 0 Å². The lowest BCUT2D eigenvalue weighted by molar-refractivity contribution is 0.591. The van der Waals surface area contributed by atoms with E-state index in [1.807, 2.05) is 18.2 Å². The van der Waals surface area contributed by atoms with E-state index in [-0.39, 0.29) is 10.8 Å². The number of hydrogen-bond donors (Lipinski definition) is 1. The lowest BCUT2D eigenvalue weighted by atomic mass is 10.2. The zero-order valence-corrected chi connectivity index (χ0v) is 8.74. The van der Waals surface area contributed by atoms with Gasteiger partial charge in [-0.05, 0) is 11.6 Å². The maximum absolute atomic E-state index is 11.8. The number of nitrogens with one attached hydrogen (secondary N) is 1. The van der Waals surface area contributed by atoms with Crippen LogP contribution in [0.25, 0.3) is 0 Å². The Morgan fingerprint density at radius 3 is 2.47 bits per heavy atom. The molecule has 0 aliphatic heterocycles. The van der Waals surface area contributed by atoms with Crippen LogP contribution in [-0.4, -0.2) is 18.6 Å². The second-order valence-electron chi connectivity index (χ2n) is 3.17. The summed E-state index contributed by atoms with van der Waals surface area (Å²) in [5, 5.41) is 6.24. The SMILES string of the molecule is O=S(=O)(Cc1ccccc1)c1ccn[nH]1. The molecule has 0 aliphatic carbocycles. The predicted molar refractivity (Wildman–Crippen MR) is 55.9 cm³/mol. The Kier molecular flexibility index (Phi) is 2.55. The van der Waals surface area contributed by atoms with Crippen molar-refractivity contribution >= 4 is 9.84 Å². The Morgan fingerprint density at radius 1 is 1.13 bits per heavy atom. The monoisotopic (exact) mass is 222 g/mol. The molecule has 0 saturated carbocycles. The van der Waals surface area contributed by atoms with Crippen LogP contribution in [-0.2, 0) is 15.6 Å². The normalized spacial score (nSPS) is 11.5. The molecule has 2 aromatic rings. The molecule has 0 radical (unpaired) electrons. The fourth-order valence-electron chi connectivity index (χ4n) is 1.29. The number of rotatable bonds is 3. The zero-order chi connectivity index (χ0) is 10.7. The van der Waals surface area contributed by atoms with Crippen molar-refractivity contribution < 1.29 is 8.42 Å². The third-order valence-corrected chi connectivity index (χ3v) is 3.62. The highest BCUT2D eigenvalue weighted by atomic mass is 32.2. The first kappa shape index (κ1) is 9.92. The Bertz CT molecular complexity index is 518. The molecule has 0 bridgehead atoms. The average molecular weight is 222 g/mol. The van der Waals surface area contributed by atoms with E-state index >= 15 is 0 Å². The largest absolute Gasteiger partial charge is 0.267 e. The molecule has 78 valence electrons. The summed E-state index contributed by atoms with van der Waals surface area (Å²) in [6, 6.07) is 10.5. The minimum absolute atomic E-state index is 0.00394. The summed E-state index contributed by atoms with van der Waals surface area (Å²) in [5.41, 5.74) is 0.770. The second-order valence-corrected chi connectivity index (χ2v) is 5.12. The van der Waals surface area contributed by atoms with E-state index in [0.29, 0.717) is 0 Å². The molecular weight excluding hydrogens is 212 g/mol. The third-order valence-electron chi connectivity index (χ3n) is 2.01. The minimum atomic E-state index is -3.29. The van der Waals surface area contributed by atoms with Crippen molar-refractivity contribution in [2.24, 2.45) is 0 Å². The summed E-state index contributed by atoms with van der Waals surface area (Å²) in [6.07, 6.45) is 1.43. The number of H-pyrrole nitrogens is 1. The van der Waals surface area contributed by atoms with Gasteiger partial charge < -0.3 is 0 Å². The van der Waals surface area contributed by atoms with Gasteiger partial charge in [-0.3, -0.25) is 5.10 Å². The quantitative estimate of drug-likeness (QED) is 0.853. The van der Waals surface area contributed by atoms with Gasteiger partial charge in [0, 0.05) is 0 Å². The van der Waals surface area contributed by atoms with E-state index < -0.39 is 9.84 Å². The molecule has 0 fully saturated rings. The van der Waals surface area contributed by atoms with Gasteiger partial charge in [-0.25, -0.2) is 8.42 Å². The summed E-state index contributed by atoms with van der Waals surface area (Å²) in [4.78, 5) is 0. The molecule has 2 rings (SSSR count). The minimum Gasteiger partial charge on any atom is -0.267 e. The van der Waals surface area contributed by atoms with E-state index in [1.165, 1.54) is 12.3 Å². The second kappa shape index (κ2) is 3.86. The third kappa shape index (κ3) is 2.24. The van der Waals surface area contributed by atoms with Crippen molar-refractivity contribution in [2.75, 3.05) is 0 Å². The molecule has 15 heavy (non-hydrogen) atoms. The first-order chi connectivity index (χ1) is 7.18. The Balaban J connectivity index is 2.27. The first-order valence-corrected chi connectivity index (χ1v) is 6.10. The molecule has 0 saturated heterocycles. The van der Waals surface area contributed by atoms with Crippen LogP contribution in [0.15, 0.2) is 47.6 Å². The lowest BCUT2D eigenvalue weighted by Gasteiger charge is -2.01. The van der Waals surface area contributed by atoms with Crippen molar-refractivity contribution in [3.8, 4) is 0 Å². The number of hydrogen-bond acceptors (Lipinski definition) is 3. The summed E-state index contributed by atoms with van der Waals surface area (Å²) in [7, 11) is -3.29. The number of benzene rings is 1. The molecule has 0 unspecified atom stereocenters.